The van der Waals surface area contributed by atoms with Crippen LogP contribution < -0.4 is 9.47 Å². The molecule has 0 saturated heterocycles. The van der Waals surface area contributed by atoms with Crippen molar-refractivity contribution < 1.29 is 19.0 Å². The molecule has 1 aromatic heterocycles. The van der Waals surface area contributed by atoms with E-state index in [9.17, 15) is 5.11 Å². The molecule has 0 amide bonds. The van der Waals surface area contributed by atoms with Crippen LogP contribution in [-0.4, -0.2) is 19.3 Å². The van der Waals surface area contributed by atoms with Crippen LogP contribution in [0.1, 0.15) is 17.4 Å². The van der Waals surface area contributed by atoms with Crippen LogP contribution in [0.3, 0.4) is 0 Å². The van der Waals surface area contributed by atoms with E-state index in [1.165, 1.54) is 0 Å². The average Bonchev–Trinajstić information content (AvgIpc) is 2.97. The number of para-hydroxylation sites is 2. The van der Waals surface area contributed by atoms with Crippen molar-refractivity contribution in [3.05, 3.63) is 59.9 Å². The predicted octanol–water partition coefficient (Wildman–Crippen LogP) is 3.53. The number of rotatable bonds is 4. The summed E-state index contributed by atoms with van der Waals surface area (Å²) in [6, 6.07) is 14.9. The van der Waals surface area contributed by atoms with Crippen molar-refractivity contribution in [3.63, 3.8) is 0 Å². The number of aliphatic hydroxyl groups is 1. The third-order valence-electron chi connectivity index (χ3n) is 3.44. The minimum Gasteiger partial charge on any atom is -0.493 e. The van der Waals surface area contributed by atoms with Gasteiger partial charge in [-0.2, -0.15) is 0 Å². The number of methoxy groups -OCH3 is 2. The lowest BCUT2D eigenvalue weighted by molar-refractivity contribution is 0.186. The first-order chi connectivity index (χ1) is 10.2. The first kappa shape index (κ1) is 13.5. The van der Waals surface area contributed by atoms with E-state index in [0.29, 0.717) is 22.8 Å². The molecule has 0 saturated carbocycles. The van der Waals surface area contributed by atoms with Gasteiger partial charge in [-0.15, -0.1) is 0 Å². The number of benzene rings is 2. The summed E-state index contributed by atoms with van der Waals surface area (Å²) < 4.78 is 16.3. The Bertz CT molecular complexity index is 727. The maximum absolute atomic E-state index is 10.6. The summed E-state index contributed by atoms with van der Waals surface area (Å²) in [5.74, 6) is 1.56. The molecule has 0 radical (unpaired) electrons. The Morgan fingerprint density at radius 2 is 1.81 bits per heavy atom. The summed E-state index contributed by atoms with van der Waals surface area (Å²) in [6.45, 7) is 0. The summed E-state index contributed by atoms with van der Waals surface area (Å²) >= 11 is 0. The fourth-order valence-electron chi connectivity index (χ4n) is 2.42. The first-order valence-electron chi connectivity index (χ1n) is 6.62. The average molecular weight is 284 g/mol. The summed E-state index contributed by atoms with van der Waals surface area (Å²) in [5.41, 5.74) is 1.35. The zero-order chi connectivity index (χ0) is 14.8. The van der Waals surface area contributed by atoms with E-state index in [1.54, 1.807) is 26.4 Å². The van der Waals surface area contributed by atoms with Crippen molar-refractivity contribution >= 4 is 11.0 Å². The fraction of sp³-hybridized carbons (Fsp3) is 0.176. The molecule has 0 aliphatic rings. The van der Waals surface area contributed by atoms with Crippen molar-refractivity contribution in [2.45, 2.75) is 6.10 Å². The molecule has 3 rings (SSSR count). The second kappa shape index (κ2) is 5.50. The van der Waals surface area contributed by atoms with Gasteiger partial charge in [0.05, 0.1) is 14.2 Å². The molecule has 4 nitrogen and oxygen atoms in total. The highest BCUT2D eigenvalue weighted by Gasteiger charge is 2.21. The smallest absolute Gasteiger partial charge is 0.166 e. The molecule has 21 heavy (non-hydrogen) atoms. The van der Waals surface area contributed by atoms with Gasteiger partial charge in [-0.05, 0) is 18.2 Å². The Balaban J connectivity index is 2.07. The lowest BCUT2D eigenvalue weighted by Crippen LogP contribution is -2.02. The minimum absolute atomic E-state index is 0.475. The van der Waals surface area contributed by atoms with Gasteiger partial charge in [0.1, 0.15) is 17.4 Å². The van der Waals surface area contributed by atoms with E-state index in [4.69, 9.17) is 13.9 Å². The van der Waals surface area contributed by atoms with Gasteiger partial charge in [-0.25, -0.2) is 0 Å². The van der Waals surface area contributed by atoms with Gasteiger partial charge in [-0.1, -0.05) is 30.3 Å². The molecule has 0 spiro atoms. The molecule has 0 aliphatic heterocycles. The Morgan fingerprint density at radius 1 is 1.00 bits per heavy atom. The van der Waals surface area contributed by atoms with Gasteiger partial charge in [0.15, 0.2) is 11.5 Å². The summed E-state index contributed by atoms with van der Waals surface area (Å²) in [6.07, 6.45) is -0.914. The second-order valence-electron chi connectivity index (χ2n) is 4.67. The van der Waals surface area contributed by atoms with Crippen LogP contribution in [0.4, 0.5) is 0 Å². The quantitative estimate of drug-likeness (QED) is 0.796. The zero-order valence-corrected chi connectivity index (χ0v) is 11.9. The van der Waals surface area contributed by atoms with E-state index < -0.39 is 6.10 Å². The largest absolute Gasteiger partial charge is 0.493 e. The van der Waals surface area contributed by atoms with Crippen molar-refractivity contribution in [3.8, 4) is 11.5 Å². The molecule has 4 heteroatoms. The summed E-state index contributed by atoms with van der Waals surface area (Å²) in [7, 11) is 3.11. The first-order valence-corrected chi connectivity index (χ1v) is 6.62. The molecule has 108 valence electrons. The Kier molecular flexibility index (Phi) is 3.54. The third kappa shape index (κ3) is 2.34. The number of hydrogen-bond donors (Lipinski definition) is 1. The van der Waals surface area contributed by atoms with Crippen molar-refractivity contribution in [2.75, 3.05) is 14.2 Å². The number of fused-ring (bicyclic) bond motifs is 1. The van der Waals surface area contributed by atoms with Crippen LogP contribution >= 0.6 is 0 Å². The van der Waals surface area contributed by atoms with E-state index in [0.717, 1.165) is 11.0 Å². The van der Waals surface area contributed by atoms with Crippen molar-refractivity contribution in [2.24, 2.45) is 0 Å². The highest BCUT2D eigenvalue weighted by Crippen LogP contribution is 2.38. The van der Waals surface area contributed by atoms with Gasteiger partial charge < -0.3 is 19.0 Å². The molecule has 1 atom stereocenters. The number of aliphatic hydroxyl groups excluding tert-OH is 1. The van der Waals surface area contributed by atoms with E-state index in [-0.39, 0.29) is 0 Å². The number of ether oxygens (including phenoxy) is 2. The predicted molar refractivity (Wildman–Crippen MR) is 79.8 cm³/mol. The van der Waals surface area contributed by atoms with Crippen LogP contribution in [0.2, 0.25) is 0 Å². The van der Waals surface area contributed by atoms with Crippen LogP contribution in [0.25, 0.3) is 11.0 Å². The molecule has 3 aromatic rings. The topological polar surface area (TPSA) is 51.8 Å². The van der Waals surface area contributed by atoms with Gasteiger partial charge >= 0.3 is 0 Å². The Labute approximate surface area is 122 Å². The number of hydrogen-bond acceptors (Lipinski definition) is 4. The molecule has 0 bridgehead atoms. The maximum atomic E-state index is 10.6. The third-order valence-corrected chi connectivity index (χ3v) is 3.44. The lowest BCUT2D eigenvalue weighted by Gasteiger charge is -2.15. The van der Waals surface area contributed by atoms with E-state index in [1.807, 2.05) is 36.4 Å². The molecular formula is C17H16O4. The van der Waals surface area contributed by atoms with Gasteiger partial charge in [0, 0.05) is 10.9 Å². The monoisotopic (exact) mass is 284 g/mol. The van der Waals surface area contributed by atoms with Crippen LogP contribution in [0.5, 0.6) is 11.5 Å². The second-order valence-corrected chi connectivity index (χ2v) is 4.67. The summed E-state index contributed by atoms with van der Waals surface area (Å²) in [5, 5.41) is 11.5. The molecule has 1 unspecified atom stereocenters. The maximum Gasteiger partial charge on any atom is 0.166 e. The Hall–Kier alpha value is -2.46. The Morgan fingerprint density at radius 3 is 2.52 bits per heavy atom. The fourth-order valence-corrected chi connectivity index (χ4v) is 2.42. The van der Waals surface area contributed by atoms with Crippen LogP contribution in [0, 0.1) is 0 Å². The van der Waals surface area contributed by atoms with Gasteiger partial charge in [0.25, 0.3) is 0 Å². The standard InChI is InChI=1S/C17H16O4/c1-19-14-9-5-7-12(17(14)20-2)16(18)15-10-11-6-3-4-8-13(11)21-15/h3-10,16,18H,1-2H3. The highest BCUT2D eigenvalue weighted by atomic mass is 16.5. The van der Waals surface area contributed by atoms with Crippen LogP contribution in [0.15, 0.2) is 52.9 Å². The molecule has 1 heterocycles. The SMILES string of the molecule is COc1cccc(C(O)c2cc3ccccc3o2)c1OC. The summed E-state index contributed by atoms with van der Waals surface area (Å²) in [4.78, 5) is 0. The van der Waals surface area contributed by atoms with Crippen molar-refractivity contribution in [1.29, 1.82) is 0 Å². The van der Waals surface area contributed by atoms with E-state index in [2.05, 4.69) is 0 Å². The molecule has 0 fully saturated rings. The van der Waals surface area contributed by atoms with Crippen molar-refractivity contribution in [1.82, 2.24) is 0 Å². The lowest BCUT2D eigenvalue weighted by atomic mass is 10.1. The highest BCUT2D eigenvalue weighted by molar-refractivity contribution is 5.78. The number of furan rings is 1. The molecule has 0 aliphatic carbocycles. The molecular weight excluding hydrogens is 268 g/mol. The molecule has 2 aromatic carbocycles. The normalized spacial score (nSPS) is 12.3. The van der Waals surface area contributed by atoms with Crippen LogP contribution in [-0.2, 0) is 0 Å². The molecule has 1 N–H and O–H groups in total. The van der Waals surface area contributed by atoms with Gasteiger partial charge in [0.2, 0.25) is 0 Å². The minimum atomic E-state index is -0.914. The van der Waals surface area contributed by atoms with E-state index >= 15 is 0 Å². The zero-order valence-electron chi connectivity index (χ0n) is 11.9. The van der Waals surface area contributed by atoms with Gasteiger partial charge in [-0.3, -0.25) is 0 Å².